The summed E-state index contributed by atoms with van der Waals surface area (Å²) in [6.45, 7) is 4.39. The van der Waals surface area contributed by atoms with E-state index in [0.29, 0.717) is 0 Å². The highest BCUT2D eigenvalue weighted by atomic mass is 16.6. The van der Waals surface area contributed by atoms with Gasteiger partial charge in [-0.15, -0.1) is 0 Å². The van der Waals surface area contributed by atoms with Gasteiger partial charge in [-0.2, -0.15) is 0 Å². The summed E-state index contributed by atoms with van der Waals surface area (Å²) in [5, 5.41) is 0. The lowest BCUT2D eigenvalue weighted by Gasteiger charge is -2.15. The Hall–Kier alpha value is -1.43. The molecule has 0 radical (unpaired) electrons. The Morgan fingerprint density at radius 3 is 2.12 bits per heavy atom. The minimum Gasteiger partial charge on any atom is -0.452 e. The maximum atomic E-state index is 11.4. The molecule has 2 atom stereocenters. The molecule has 0 amide bonds. The highest BCUT2D eigenvalue weighted by Crippen LogP contribution is 2.02. The zero-order chi connectivity index (χ0) is 13.4. The van der Waals surface area contributed by atoms with Crippen molar-refractivity contribution in [2.75, 3.05) is 13.7 Å². The minimum absolute atomic E-state index is 0.0659. The van der Waals surface area contributed by atoms with E-state index in [1.165, 1.54) is 27.9 Å². The number of carbonyl (C=O) groups excluding carboxylic acids is 3. The summed E-state index contributed by atoms with van der Waals surface area (Å²) in [5.74, 6) is -1.55. The van der Waals surface area contributed by atoms with Gasteiger partial charge in [-0.1, -0.05) is 0 Å². The van der Waals surface area contributed by atoms with Crippen LogP contribution in [0.25, 0.3) is 0 Å². The molecule has 0 N–H and O–H groups in total. The molecule has 0 aliphatic heterocycles. The van der Waals surface area contributed by atoms with E-state index in [1.54, 1.807) is 0 Å². The summed E-state index contributed by atoms with van der Waals surface area (Å²) in [7, 11) is 1.46. The van der Waals surface area contributed by atoms with Crippen LogP contribution in [0.1, 0.15) is 27.2 Å². The van der Waals surface area contributed by atoms with Gasteiger partial charge >= 0.3 is 11.9 Å². The molecule has 0 unspecified atom stereocenters. The van der Waals surface area contributed by atoms with Gasteiger partial charge in [0, 0.05) is 7.11 Å². The predicted octanol–water partition coefficient (Wildman–Crippen LogP) is 0.475. The Labute approximate surface area is 100 Å². The number of rotatable bonds is 7. The molecular weight excluding hydrogens is 228 g/mol. The second-order valence-electron chi connectivity index (χ2n) is 3.56. The lowest BCUT2D eigenvalue weighted by Crippen LogP contribution is -2.31. The van der Waals surface area contributed by atoms with E-state index in [-0.39, 0.29) is 18.8 Å². The van der Waals surface area contributed by atoms with Crippen LogP contribution in [0.3, 0.4) is 0 Å². The van der Waals surface area contributed by atoms with Crippen molar-refractivity contribution in [3.63, 3.8) is 0 Å². The number of carbonyl (C=O) groups is 3. The lowest BCUT2D eigenvalue weighted by molar-refractivity contribution is -0.171. The van der Waals surface area contributed by atoms with Gasteiger partial charge in [0.2, 0.25) is 0 Å². The Morgan fingerprint density at radius 1 is 1.06 bits per heavy atom. The van der Waals surface area contributed by atoms with E-state index < -0.39 is 24.1 Å². The molecule has 0 bridgehead atoms. The molecule has 98 valence electrons. The smallest absolute Gasteiger partial charge is 0.347 e. The molecule has 0 heterocycles. The number of Topliss-reactive ketones (excluding diaryl/α,β-unsaturated/α-hetero) is 1. The fourth-order valence-electron chi connectivity index (χ4n) is 0.843. The van der Waals surface area contributed by atoms with Gasteiger partial charge in [0.1, 0.15) is 0 Å². The largest absolute Gasteiger partial charge is 0.452 e. The molecule has 0 saturated carbocycles. The fourth-order valence-corrected chi connectivity index (χ4v) is 0.843. The van der Waals surface area contributed by atoms with E-state index in [2.05, 4.69) is 4.74 Å². The van der Waals surface area contributed by atoms with Crippen LogP contribution in [-0.4, -0.2) is 43.6 Å². The second-order valence-corrected chi connectivity index (χ2v) is 3.56. The van der Waals surface area contributed by atoms with Gasteiger partial charge in [0.15, 0.2) is 18.0 Å². The maximum Gasteiger partial charge on any atom is 0.347 e. The summed E-state index contributed by atoms with van der Waals surface area (Å²) in [6, 6.07) is 0. The van der Waals surface area contributed by atoms with Crippen molar-refractivity contribution in [2.24, 2.45) is 0 Å². The fraction of sp³-hybridized carbons (Fsp3) is 0.727. The van der Waals surface area contributed by atoms with Crippen LogP contribution in [0.4, 0.5) is 0 Å². The molecular formula is C11H18O6. The van der Waals surface area contributed by atoms with Crippen molar-refractivity contribution < 1.29 is 28.6 Å². The van der Waals surface area contributed by atoms with Gasteiger partial charge < -0.3 is 14.2 Å². The first kappa shape index (κ1) is 15.6. The second kappa shape index (κ2) is 7.78. The van der Waals surface area contributed by atoms with Gasteiger partial charge in [-0.05, 0) is 20.8 Å². The van der Waals surface area contributed by atoms with Crippen LogP contribution in [0.2, 0.25) is 0 Å². The van der Waals surface area contributed by atoms with Crippen molar-refractivity contribution in [3.05, 3.63) is 0 Å². The van der Waals surface area contributed by atoms with E-state index >= 15 is 0 Å². The van der Waals surface area contributed by atoms with E-state index in [9.17, 15) is 14.4 Å². The van der Waals surface area contributed by atoms with Crippen LogP contribution in [-0.2, 0) is 28.6 Å². The van der Waals surface area contributed by atoms with E-state index in [0.717, 1.165) is 0 Å². The Balaban J connectivity index is 4.05. The standard InChI is InChI=1S/C11H18O6/c1-7(12)8(2)17-11(14)9(3)16-10(13)5-6-15-4/h8-9H,5-6H2,1-4H3/t8-,9-/m0/s1. The maximum absolute atomic E-state index is 11.4. The topological polar surface area (TPSA) is 78.9 Å². The monoisotopic (exact) mass is 246 g/mol. The van der Waals surface area contributed by atoms with Crippen LogP contribution < -0.4 is 0 Å². The zero-order valence-corrected chi connectivity index (χ0v) is 10.5. The first-order valence-electron chi connectivity index (χ1n) is 5.27. The average molecular weight is 246 g/mol. The number of esters is 2. The van der Waals surface area contributed by atoms with Gasteiger partial charge in [-0.3, -0.25) is 9.59 Å². The van der Waals surface area contributed by atoms with Gasteiger partial charge in [-0.25, -0.2) is 4.79 Å². The molecule has 0 aliphatic rings. The molecule has 0 aliphatic carbocycles. The van der Waals surface area contributed by atoms with Crippen molar-refractivity contribution in [3.8, 4) is 0 Å². The summed E-state index contributed by atoms with van der Waals surface area (Å²) in [5.41, 5.74) is 0. The van der Waals surface area contributed by atoms with Crippen molar-refractivity contribution in [1.29, 1.82) is 0 Å². The molecule has 0 aromatic rings. The number of hydrogen-bond acceptors (Lipinski definition) is 6. The van der Waals surface area contributed by atoms with Crippen LogP contribution in [0.15, 0.2) is 0 Å². The molecule has 6 nitrogen and oxygen atoms in total. The SMILES string of the molecule is COCCC(=O)O[C@@H](C)C(=O)O[C@@H](C)C(C)=O. The number of ether oxygens (including phenoxy) is 3. The average Bonchev–Trinajstić information content (AvgIpc) is 2.25. The summed E-state index contributed by atoms with van der Waals surface area (Å²) >= 11 is 0. The van der Waals surface area contributed by atoms with E-state index in [4.69, 9.17) is 9.47 Å². The molecule has 6 heteroatoms. The highest BCUT2D eigenvalue weighted by molar-refractivity contribution is 5.85. The first-order chi connectivity index (χ1) is 7.88. The highest BCUT2D eigenvalue weighted by Gasteiger charge is 2.22. The molecule has 0 aromatic heterocycles. The Morgan fingerprint density at radius 2 is 1.65 bits per heavy atom. The predicted molar refractivity (Wildman–Crippen MR) is 58.3 cm³/mol. The summed E-state index contributed by atoms with van der Waals surface area (Å²) in [6.07, 6.45) is -1.79. The number of ketones is 1. The number of methoxy groups -OCH3 is 1. The van der Waals surface area contributed by atoms with Crippen molar-refractivity contribution in [1.82, 2.24) is 0 Å². The lowest BCUT2D eigenvalue weighted by atomic mass is 10.3. The molecule has 0 spiro atoms. The Bertz CT molecular complexity index is 286. The summed E-state index contributed by atoms with van der Waals surface area (Å²) < 4.78 is 14.3. The van der Waals surface area contributed by atoms with E-state index in [1.807, 2.05) is 0 Å². The van der Waals surface area contributed by atoms with Crippen LogP contribution in [0, 0.1) is 0 Å². The molecule has 0 rings (SSSR count). The minimum atomic E-state index is -1.03. The number of hydrogen-bond donors (Lipinski definition) is 0. The quantitative estimate of drug-likeness (QED) is 0.608. The van der Waals surface area contributed by atoms with Gasteiger partial charge in [0.25, 0.3) is 0 Å². The van der Waals surface area contributed by atoms with Crippen LogP contribution >= 0.6 is 0 Å². The zero-order valence-electron chi connectivity index (χ0n) is 10.5. The molecule has 0 aromatic carbocycles. The summed E-state index contributed by atoms with van der Waals surface area (Å²) in [4.78, 5) is 33.4. The van der Waals surface area contributed by atoms with Crippen molar-refractivity contribution in [2.45, 2.75) is 39.4 Å². The first-order valence-corrected chi connectivity index (χ1v) is 5.27. The van der Waals surface area contributed by atoms with Crippen LogP contribution in [0.5, 0.6) is 0 Å². The third-order valence-electron chi connectivity index (χ3n) is 2.02. The Kier molecular flexibility index (Phi) is 7.13. The molecule has 0 saturated heterocycles. The van der Waals surface area contributed by atoms with Crippen molar-refractivity contribution >= 4 is 17.7 Å². The normalized spacial score (nSPS) is 13.6. The molecule has 0 fully saturated rings. The third-order valence-corrected chi connectivity index (χ3v) is 2.02. The molecule has 17 heavy (non-hydrogen) atoms. The third kappa shape index (κ3) is 6.68. The van der Waals surface area contributed by atoms with Gasteiger partial charge in [0.05, 0.1) is 13.0 Å².